The Morgan fingerprint density at radius 2 is 0.700 bits per heavy atom. The standard InChI is InChI=1S/C76H108N10O24/c1-73(2,3)107-63(97)43-53(69(101)79-49-27-23-47(45-87)24-28-49)83-67(99)51(19-13-15-37-77-71(103)109-75(7,8)9)81-57(91)35-41-105-39-17-21-55(89)65(85-59(93)31-32-60(85)94)66(86-61(95)33-34-62(86)96)56(90)22-18-40-106-42-36-58(92)82-52(20-14-16-38-78-72(104)110-76(10,11)12)68(100)84-54(44-64(98)108-74(4,5)6)70(102)80-50-29-25-48(46-88)26-30-50/h23-34,51-54,65-66,87-88H,13-22,35-46H2,1-12H3,(H,77,103)(H,78,104)(H,79,101)(H,80,102)(H,81,91)(H,82,92)(H,83,99)(H,84,100)/t51-,52-,53-,54-,65?,66?/m0/s1. The number of alkyl carbamates (subject to hydrolysis) is 2. The predicted octanol–water partition coefficient (Wildman–Crippen LogP) is 4.14. The number of aliphatic hydroxyl groups excluding tert-OH is 2. The Hall–Kier alpha value is -10.3. The van der Waals surface area contributed by atoms with Crippen LogP contribution < -0.4 is 42.5 Å². The van der Waals surface area contributed by atoms with E-state index in [1.807, 2.05) is 0 Å². The molecule has 0 radical (unpaired) electrons. The largest absolute Gasteiger partial charge is 0.460 e. The van der Waals surface area contributed by atoms with E-state index in [1.165, 1.54) is 24.3 Å². The fraction of sp³-hybridized carbons (Fsp3) is 0.579. The Morgan fingerprint density at radius 3 is 1.00 bits per heavy atom. The third-order valence-corrected chi connectivity index (χ3v) is 15.7. The summed E-state index contributed by atoms with van der Waals surface area (Å²) in [5, 5.41) is 39.9. The minimum Gasteiger partial charge on any atom is -0.460 e. The van der Waals surface area contributed by atoms with Gasteiger partial charge in [0.25, 0.3) is 23.6 Å². The van der Waals surface area contributed by atoms with Gasteiger partial charge < -0.3 is 81.2 Å². The molecule has 10 N–H and O–H groups in total. The van der Waals surface area contributed by atoms with Crippen molar-refractivity contribution in [2.24, 2.45) is 0 Å². The lowest BCUT2D eigenvalue weighted by Crippen LogP contribution is -2.61. The van der Waals surface area contributed by atoms with Crippen LogP contribution in [0.3, 0.4) is 0 Å². The van der Waals surface area contributed by atoms with Gasteiger partial charge in [-0.15, -0.1) is 0 Å². The summed E-state index contributed by atoms with van der Waals surface area (Å²) in [6.07, 6.45) is -0.286. The zero-order chi connectivity index (χ0) is 82.1. The number of hydrogen-bond acceptors (Lipinski definition) is 24. The van der Waals surface area contributed by atoms with Crippen molar-refractivity contribution in [1.82, 2.24) is 41.7 Å². The molecule has 0 aromatic heterocycles. The average molecular weight is 1550 g/mol. The van der Waals surface area contributed by atoms with Crippen LogP contribution in [-0.2, 0) is 109 Å². The number of amides is 12. The number of Topliss-reactive ketones (excluding diaryl/α,β-unsaturated/α-hetero) is 2. The molecule has 2 heterocycles. The summed E-state index contributed by atoms with van der Waals surface area (Å²) in [4.78, 5) is 217. The van der Waals surface area contributed by atoms with Crippen molar-refractivity contribution in [2.45, 2.75) is 245 Å². The molecule has 34 heteroatoms. The van der Waals surface area contributed by atoms with Gasteiger partial charge in [-0.3, -0.25) is 76.9 Å². The Labute approximate surface area is 639 Å². The quantitative estimate of drug-likeness (QED) is 0.0193. The van der Waals surface area contributed by atoms with Crippen molar-refractivity contribution in [1.29, 1.82) is 0 Å². The molecular weight excluding hydrogens is 1440 g/mol. The van der Waals surface area contributed by atoms with Crippen molar-refractivity contribution in [3.05, 3.63) is 84.0 Å². The molecule has 0 saturated carbocycles. The molecule has 2 aliphatic heterocycles. The number of anilines is 2. The monoisotopic (exact) mass is 1540 g/mol. The third kappa shape index (κ3) is 34.9. The van der Waals surface area contributed by atoms with Gasteiger partial charge in [0.15, 0.2) is 11.6 Å². The van der Waals surface area contributed by atoms with E-state index in [0.717, 1.165) is 24.3 Å². The zero-order valence-corrected chi connectivity index (χ0v) is 64.7. The van der Waals surface area contributed by atoms with Crippen LogP contribution in [-0.4, -0.2) is 213 Å². The number of aliphatic hydroxyl groups is 2. The maximum absolute atomic E-state index is 14.5. The van der Waals surface area contributed by atoms with E-state index < -0.39 is 179 Å². The lowest BCUT2D eigenvalue weighted by molar-refractivity contribution is -0.157. The average Bonchev–Trinajstić information content (AvgIpc) is 1.57. The van der Waals surface area contributed by atoms with Crippen molar-refractivity contribution in [3.63, 3.8) is 0 Å². The molecule has 0 bridgehead atoms. The van der Waals surface area contributed by atoms with Gasteiger partial charge in [0.05, 0.1) is 39.3 Å². The second kappa shape index (κ2) is 44.4. The number of benzene rings is 2. The minimum absolute atomic E-state index is 0.0319. The van der Waals surface area contributed by atoms with Crippen LogP contribution in [0.4, 0.5) is 21.0 Å². The smallest absolute Gasteiger partial charge is 0.407 e. The number of unbranched alkanes of at least 4 members (excludes halogenated alkanes) is 2. The van der Waals surface area contributed by atoms with Crippen LogP contribution in [0.15, 0.2) is 72.8 Å². The SMILES string of the molecule is CC(C)(C)OC(=O)C[C@H](NC(=O)[C@H](CCCCNC(=O)OC(C)(C)C)NC(=O)CCOCCCC(=O)C(C(C(=O)CCCOCCC(=O)N[C@@H](CCCCNC(=O)OC(C)(C)C)C(=O)N[C@@H](CC(=O)OC(C)(C)C)C(=O)Nc1ccc(CO)cc1)N1C(=O)C=CC1=O)N1C(=O)C=CC1=O)C(=O)Nc1ccc(CO)cc1. The summed E-state index contributed by atoms with van der Waals surface area (Å²) in [5.41, 5.74) is -1.83. The Kier molecular flexibility index (Phi) is 37.1. The van der Waals surface area contributed by atoms with Gasteiger partial charge >= 0.3 is 24.1 Å². The summed E-state index contributed by atoms with van der Waals surface area (Å²) in [7, 11) is 0. The Morgan fingerprint density at radius 1 is 0.382 bits per heavy atom. The molecule has 0 saturated heterocycles. The topological polar surface area (TPSA) is 472 Å². The summed E-state index contributed by atoms with van der Waals surface area (Å²) in [5.74, 6) is -12.4. The Bertz CT molecular complexity index is 3360. The van der Waals surface area contributed by atoms with E-state index in [1.54, 1.807) is 107 Å². The number of ketones is 2. The van der Waals surface area contributed by atoms with Gasteiger partial charge in [0, 0.05) is 87.7 Å². The molecule has 4 rings (SSSR count). The highest BCUT2D eigenvalue weighted by Crippen LogP contribution is 2.26. The molecule has 34 nitrogen and oxygen atoms in total. The number of carbonyl (C=O) groups is 16. The van der Waals surface area contributed by atoms with Gasteiger partial charge in [0.2, 0.25) is 35.4 Å². The fourth-order valence-corrected chi connectivity index (χ4v) is 10.8. The van der Waals surface area contributed by atoms with Crippen molar-refractivity contribution in [2.75, 3.05) is 50.2 Å². The highest BCUT2D eigenvalue weighted by molar-refractivity contribution is 6.19. The minimum atomic E-state index is -2.04. The number of nitrogens with one attached hydrogen (secondary N) is 8. The van der Waals surface area contributed by atoms with Crippen LogP contribution in [0, 0.1) is 0 Å². The number of nitrogens with zero attached hydrogens (tertiary/aromatic N) is 2. The number of esters is 2. The predicted molar refractivity (Wildman–Crippen MR) is 396 cm³/mol. The fourth-order valence-electron chi connectivity index (χ4n) is 10.8. The molecule has 110 heavy (non-hydrogen) atoms. The Balaban J connectivity index is 1.44. The maximum Gasteiger partial charge on any atom is 0.407 e. The van der Waals surface area contributed by atoms with Gasteiger partial charge in [-0.05, 0) is 170 Å². The molecule has 6 atom stereocenters. The summed E-state index contributed by atoms with van der Waals surface area (Å²) in [6.45, 7) is 18.5. The van der Waals surface area contributed by atoms with E-state index in [4.69, 9.17) is 28.4 Å². The van der Waals surface area contributed by atoms with Crippen molar-refractivity contribution < 1.29 is 115 Å². The second-order valence-corrected chi connectivity index (χ2v) is 30.0. The number of rotatable bonds is 45. The van der Waals surface area contributed by atoms with Gasteiger partial charge in [0.1, 0.15) is 58.7 Å². The van der Waals surface area contributed by atoms with E-state index >= 15 is 0 Å². The van der Waals surface area contributed by atoms with Gasteiger partial charge in [-0.25, -0.2) is 9.59 Å². The molecule has 2 aliphatic rings. The molecular formula is C76H108N10O24. The number of ether oxygens (including phenoxy) is 6. The van der Waals surface area contributed by atoms with E-state index in [2.05, 4.69) is 42.5 Å². The maximum atomic E-state index is 14.5. The van der Waals surface area contributed by atoms with Crippen LogP contribution in [0.25, 0.3) is 0 Å². The normalized spacial score (nSPS) is 14.6. The van der Waals surface area contributed by atoms with Crippen LogP contribution in [0.1, 0.15) is 184 Å². The van der Waals surface area contributed by atoms with Crippen molar-refractivity contribution >= 4 is 106 Å². The second-order valence-electron chi connectivity index (χ2n) is 30.0. The highest BCUT2D eigenvalue weighted by atomic mass is 16.6. The molecule has 606 valence electrons. The number of carbonyl (C=O) groups excluding carboxylic acids is 16. The molecule has 2 aromatic rings. The van der Waals surface area contributed by atoms with Crippen molar-refractivity contribution in [3.8, 4) is 0 Å². The highest BCUT2D eigenvalue weighted by Gasteiger charge is 2.49. The van der Waals surface area contributed by atoms with Gasteiger partial charge in [-0.1, -0.05) is 24.3 Å². The first-order valence-electron chi connectivity index (χ1n) is 36.4. The molecule has 2 aromatic carbocycles. The first kappa shape index (κ1) is 92.1. The summed E-state index contributed by atoms with van der Waals surface area (Å²) < 4.78 is 32.9. The van der Waals surface area contributed by atoms with Crippen LogP contribution >= 0.6 is 0 Å². The summed E-state index contributed by atoms with van der Waals surface area (Å²) >= 11 is 0. The molecule has 0 spiro atoms. The first-order chi connectivity index (χ1) is 51.5. The summed E-state index contributed by atoms with van der Waals surface area (Å²) in [6, 6.07) is 2.49. The lowest BCUT2D eigenvalue weighted by atomic mass is 9.91. The van der Waals surface area contributed by atoms with E-state index in [-0.39, 0.29) is 115 Å². The first-order valence-corrected chi connectivity index (χ1v) is 36.4. The molecule has 2 unspecified atom stereocenters. The molecule has 0 aliphatic carbocycles. The number of hydrogen-bond donors (Lipinski definition) is 10. The molecule has 0 fully saturated rings. The van der Waals surface area contributed by atoms with Gasteiger partial charge in [-0.2, -0.15) is 0 Å². The van der Waals surface area contributed by atoms with Crippen LogP contribution in [0.2, 0.25) is 0 Å². The third-order valence-electron chi connectivity index (χ3n) is 15.7. The van der Waals surface area contributed by atoms with Crippen LogP contribution in [0.5, 0.6) is 0 Å². The lowest BCUT2D eigenvalue weighted by Gasteiger charge is -2.35. The van der Waals surface area contributed by atoms with E-state index in [0.29, 0.717) is 33.8 Å². The number of imide groups is 2. The van der Waals surface area contributed by atoms with E-state index in [9.17, 15) is 86.9 Å². The molecule has 12 amide bonds. The zero-order valence-electron chi connectivity index (χ0n) is 64.7.